The van der Waals surface area contributed by atoms with Crippen LogP contribution in [0.1, 0.15) is 45.4 Å². The molecule has 126 valence electrons. The van der Waals surface area contributed by atoms with Crippen LogP contribution in [-0.4, -0.2) is 66.3 Å². The van der Waals surface area contributed by atoms with E-state index in [-0.39, 0.29) is 12.1 Å². The lowest BCUT2D eigenvalue weighted by Gasteiger charge is -2.37. The van der Waals surface area contributed by atoms with Crippen molar-refractivity contribution in [2.75, 3.05) is 33.2 Å². The van der Waals surface area contributed by atoms with Crippen LogP contribution >= 0.6 is 0 Å². The van der Waals surface area contributed by atoms with Crippen molar-refractivity contribution in [3.63, 3.8) is 0 Å². The molecule has 1 heterocycles. The first-order valence-electron chi connectivity index (χ1n) is 8.65. The molecule has 2 amide bonds. The first kappa shape index (κ1) is 17.3. The van der Waals surface area contributed by atoms with Gasteiger partial charge < -0.3 is 20.2 Å². The van der Waals surface area contributed by atoms with Gasteiger partial charge in [-0.15, -0.1) is 0 Å². The van der Waals surface area contributed by atoms with Crippen molar-refractivity contribution in [1.82, 2.24) is 15.1 Å². The first-order valence-corrected chi connectivity index (χ1v) is 8.65. The lowest BCUT2D eigenvalue weighted by atomic mass is 10.00. The highest BCUT2D eigenvalue weighted by Gasteiger charge is 2.25. The number of aliphatic hydroxyl groups is 1. The Morgan fingerprint density at radius 3 is 2.77 bits per heavy atom. The van der Waals surface area contributed by atoms with Crippen LogP contribution in [0.3, 0.4) is 0 Å². The zero-order chi connectivity index (χ0) is 15.9. The van der Waals surface area contributed by atoms with Gasteiger partial charge in [0.05, 0.1) is 6.10 Å². The Kier molecular flexibility index (Phi) is 6.70. The lowest BCUT2D eigenvalue weighted by molar-refractivity contribution is 0.0876. The zero-order valence-corrected chi connectivity index (χ0v) is 14.1. The van der Waals surface area contributed by atoms with Gasteiger partial charge in [-0.25, -0.2) is 4.79 Å². The van der Waals surface area contributed by atoms with E-state index in [9.17, 15) is 9.90 Å². The van der Waals surface area contributed by atoms with Crippen LogP contribution < -0.4 is 5.32 Å². The Morgan fingerprint density at radius 1 is 1.45 bits per heavy atom. The molecule has 0 aromatic carbocycles. The van der Waals surface area contributed by atoms with Crippen LogP contribution in [-0.2, 0) is 0 Å². The van der Waals surface area contributed by atoms with E-state index in [4.69, 9.17) is 0 Å². The molecule has 2 aliphatic rings. The van der Waals surface area contributed by atoms with Crippen LogP contribution in [0.4, 0.5) is 4.79 Å². The molecule has 0 spiro atoms. The minimum atomic E-state index is -0.296. The highest BCUT2D eigenvalue weighted by Crippen LogP contribution is 2.18. The second-order valence-corrected chi connectivity index (χ2v) is 6.77. The molecular formula is C17H31N3O2. The zero-order valence-electron chi connectivity index (χ0n) is 14.1. The fraction of sp³-hybridized carbons (Fsp3) is 0.824. The standard InChI is InChI=1S/C17H31N3O2/c1-14(21)13-19(2)16-8-10-20(11-9-16)17(22)18-12-15-6-4-3-5-7-15/h6,14,16,21H,3-5,7-13H2,1-2H3,(H,18,22). The van der Waals surface area contributed by atoms with E-state index in [1.807, 2.05) is 11.8 Å². The third-order valence-electron chi connectivity index (χ3n) is 4.78. The number of urea groups is 1. The molecule has 0 bridgehead atoms. The average molecular weight is 309 g/mol. The van der Waals surface area contributed by atoms with Crippen LogP contribution in [0, 0.1) is 0 Å². The van der Waals surface area contributed by atoms with Crippen LogP contribution in [0.25, 0.3) is 0 Å². The van der Waals surface area contributed by atoms with Gasteiger partial charge in [-0.3, -0.25) is 0 Å². The van der Waals surface area contributed by atoms with E-state index >= 15 is 0 Å². The molecule has 2 rings (SSSR count). The van der Waals surface area contributed by atoms with Gasteiger partial charge in [0, 0.05) is 32.2 Å². The van der Waals surface area contributed by atoms with Crippen LogP contribution in [0.15, 0.2) is 11.6 Å². The van der Waals surface area contributed by atoms with Crippen molar-refractivity contribution in [1.29, 1.82) is 0 Å². The van der Waals surface area contributed by atoms with E-state index < -0.39 is 0 Å². The van der Waals surface area contributed by atoms with Gasteiger partial charge in [-0.2, -0.15) is 0 Å². The highest BCUT2D eigenvalue weighted by molar-refractivity contribution is 5.74. The molecule has 22 heavy (non-hydrogen) atoms. The smallest absolute Gasteiger partial charge is 0.317 e. The SMILES string of the molecule is CC(O)CN(C)C1CCN(C(=O)NCC2=CCCCC2)CC1. The van der Waals surface area contributed by atoms with Crippen molar-refractivity contribution < 1.29 is 9.90 Å². The Bertz CT molecular complexity index is 387. The van der Waals surface area contributed by atoms with E-state index in [0.29, 0.717) is 19.1 Å². The van der Waals surface area contributed by atoms with Gasteiger partial charge in [0.15, 0.2) is 0 Å². The molecule has 0 aromatic rings. The Morgan fingerprint density at radius 2 is 2.18 bits per heavy atom. The molecular weight excluding hydrogens is 278 g/mol. The summed E-state index contributed by atoms with van der Waals surface area (Å²) in [6, 6.07) is 0.544. The van der Waals surface area contributed by atoms with Crippen LogP contribution in [0.5, 0.6) is 0 Å². The molecule has 0 aromatic heterocycles. The maximum Gasteiger partial charge on any atom is 0.317 e. The van der Waals surface area contributed by atoms with E-state index in [0.717, 1.165) is 38.8 Å². The lowest BCUT2D eigenvalue weighted by Crippen LogP contribution is -2.49. The number of carbonyl (C=O) groups is 1. The third-order valence-corrected chi connectivity index (χ3v) is 4.78. The van der Waals surface area contributed by atoms with E-state index in [1.165, 1.54) is 18.4 Å². The molecule has 1 aliphatic carbocycles. The average Bonchev–Trinajstić information content (AvgIpc) is 2.53. The quantitative estimate of drug-likeness (QED) is 0.764. The number of likely N-dealkylation sites (tertiary alicyclic amines) is 1. The number of nitrogens with one attached hydrogen (secondary N) is 1. The Hall–Kier alpha value is -1.07. The van der Waals surface area contributed by atoms with Gasteiger partial charge in [0.2, 0.25) is 0 Å². The summed E-state index contributed by atoms with van der Waals surface area (Å²) in [5.41, 5.74) is 1.38. The second kappa shape index (κ2) is 8.53. The summed E-state index contributed by atoms with van der Waals surface area (Å²) in [6.45, 7) is 4.84. The first-order chi connectivity index (χ1) is 10.6. The van der Waals surface area contributed by atoms with Crippen molar-refractivity contribution in [3.05, 3.63) is 11.6 Å². The number of rotatable bonds is 5. The minimum Gasteiger partial charge on any atom is -0.392 e. The molecule has 1 unspecified atom stereocenters. The van der Waals surface area contributed by atoms with Gasteiger partial charge in [0.25, 0.3) is 0 Å². The van der Waals surface area contributed by atoms with Crippen LogP contribution in [0.2, 0.25) is 0 Å². The molecule has 5 nitrogen and oxygen atoms in total. The fourth-order valence-electron chi connectivity index (χ4n) is 3.44. The molecule has 1 fully saturated rings. The minimum absolute atomic E-state index is 0.0723. The summed E-state index contributed by atoms with van der Waals surface area (Å²) >= 11 is 0. The molecule has 0 saturated carbocycles. The number of likely N-dealkylation sites (N-methyl/N-ethyl adjacent to an activating group) is 1. The Labute approximate surface area is 134 Å². The number of hydrogen-bond acceptors (Lipinski definition) is 3. The molecule has 1 saturated heterocycles. The van der Waals surface area contributed by atoms with E-state index in [1.54, 1.807) is 0 Å². The number of amides is 2. The largest absolute Gasteiger partial charge is 0.392 e. The molecule has 2 N–H and O–H groups in total. The highest BCUT2D eigenvalue weighted by atomic mass is 16.3. The van der Waals surface area contributed by atoms with Crippen molar-refractivity contribution in [2.24, 2.45) is 0 Å². The van der Waals surface area contributed by atoms with Crippen molar-refractivity contribution in [3.8, 4) is 0 Å². The number of piperidine rings is 1. The second-order valence-electron chi connectivity index (χ2n) is 6.77. The van der Waals surface area contributed by atoms with Gasteiger partial charge in [-0.1, -0.05) is 11.6 Å². The summed E-state index contributed by atoms with van der Waals surface area (Å²) < 4.78 is 0. The fourth-order valence-corrected chi connectivity index (χ4v) is 3.44. The maximum absolute atomic E-state index is 12.2. The van der Waals surface area contributed by atoms with E-state index in [2.05, 4.69) is 23.3 Å². The molecule has 1 aliphatic heterocycles. The molecule has 1 atom stereocenters. The number of allylic oxidation sites excluding steroid dienone is 1. The number of carbonyl (C=O) groups excluding carboxylic acids is 1. The third kappa shape index (κ3) is 5.29. The Balaban J connectivity index is 1.69. The van der Waals surface area contributed by atoms with Crippen molar-refractivity contribution in [2.45, 2.75) is 57.6 Å². The van der Waals surface area contributed by atoms with Gasteiger partial charge >= 0.3 is 6.03 Å². The topological polar surface area (TPSA) is 55.8 Å². The van der Waals surface area contributed by atoms with Gasteiger partial charge in [0.1, 0.15) is 0 Å². The molecule has 5 heteroatoms. The summed E-state index contributed by atoms with van der Waals surface area (Å²) in [7, 11) is 2.06. The van der Waals surface area contributed by atoms with Gasteiger partial charge in [-0.05, 0) is 52.5 Å². The summed E-state index contributed by atoms with van der Waals surface area (Å²) in [5, 5.41) is 12.5. The predicted molar refractivity (Wildman–Crippen MR) is 88.9 cm³/mol. The summed E-state index contributed by atoms with van der Waals surface area (Å²) in [5.74, 6) is 0. The maximum atomic E-state index is 12.2. The number of aliphatic hydroxyl groups excluding tert-OH is 1. The normalized spacial score (nSPS) is 21.6. The summed E-state index contributed by atoms with van der Waals surface area (Å²) in [6.07, 6.45) is 8.78. The number of nitrogens with zero attached hydrogens (tertiary/aromatic N) is 2. The molecule has 0 radical (unpaired) electrons. The predicted octanol–water partition coefficient (Wildman–Crippen LogP) is 1.97. The number of hydrogen-bond donors (Lipinski definition) is 2. The monoisotopic (exact) mass is 309 g/mol. The summed E-state index contributed by atoms with van der Waals surface area (Å²) in [4.78, 5) is 16.4. The van der Waals surface area contributed by atoms with Crippen molar-refractivity contribution >= 4 is 6.03 Å².